The molecule has 4 N–H and O–H groups in total. The third-order valence-corrected chi connectivity index (χ3v) is 3.42. The summed E-state index contributed by atoms with van der Waals surface area (Å²) in [7, 11) is 1.70. The third-order valence-electron chi connectivity index (χ3n) is 3.42. The Morgan fingerprint density at radius 2 is 2.12 bits per heavy atom. The lowest BCUT2D eigenvalue weighted by molar-refractivity contribution is -0.123. The number of hydrogen-bond acceptors (Lipinski definition) is 3. The maximum Gasteiger partial charge on any atom is 0.236 e. The maximum absolute atomic E-state index is 11.8. The maximum atomic E-state index is 11.8. The Hall–Kier alpha value is -0.610. The first-order valence-corrected chi connectivity index (χ1v) is 6.76. The quantitative estimate of drug-likeness (QED) is 0.673. The van der Waals surface area contributed by atoms with Crippen molar-refractivity contribution >= 4 is 5.91 Å². The van der Waals surface area contributed by atoms with Crippen LogP contribution in [0.4, 0.5) is 0 Å². The fourth-order valence-corrected chi connectivity index (χ4v) is 2.56. The van der Waals surface area contributed by atoms with Crippen molar-refractivity contribution < 1.29 is 4.79 Å². The zero-order valence-electron chi connectivity index (χ0n) is 11.3. The van der Waals surface area contributed by atoms with Crippen LogP contribution in [0.1, 0.15) is 46.0 Å². The zero-order valence-corrected chi connectivity index (χ0v) is 11.3. The molecule has 4 nitrogen and oxygen atoms in total. The largest absolute Gasteiger partial charge is 0.358 e. The molecule has 3 atom stereocenters. The Kier molecular flexibility index (Phi) is 5.92. The highest BCUT2D eigenvalue weighted by Crippen LogP contribution is 2.18. The second kappa shape index (κ2) is 6.97. The summed E-state index contributed by atoms with van der Waals surface area (Å²) in [4.78, 5) is 11.8. The van der Waals surface area contributed by atoms with E-state index in [9.17, 15) is 4.79 Å². The van der Waals surface area contributed by atoms with Crippen molar-refractivity contribution in [1.29, 1.82) is 0 Å². The molecule has 1 saturated carbocycles. The highest BCUT2D eigenvalue weighted by molar-refractivity contribution is 5.81. The number of rotatable bonds is 5. The SMILES string of the molecule is CNC(=O)C(CC(C)C)NC1CCCC(N)C1. The van der Waals surface area contributed by atoms with Crippen LogP contribution in [0.5, 0.6) is 0 Å². The first-order valence-electron chi connectivity index (χ1n) is 6.76. The fourth-order valence-electron chi connectivity index (χ4n) is 2.56. The van der Waals surface area contributed by atoms with E-state index in [1.54, 1.807) is 7.05 Å². The number of amides is 1. The lowest BCUT2D eigenvalue weighted by Gasteiger charge is -2.31. The van der Waals surface area contributed by atoms with Crippen molar-refractivity contribution in [1.82, 2.24) is 10.6 Å². The number of likely N-dealkylation sites (N-methyl/N-ethyl adjacent to an activating group) is 1. The van der Waals surface area contributed by atoms with Crippen molar-refractivity contribution in [2.75, 3.05) is 7.05 Å². The van der Waals surface area contributed by atoms with E-state index in [-0.39, 0.29) is 11.9 Å². The molecule has 3 unspecified atom stereocenters. The predicted molar refractivity (Wildman–Crippen MR) is 70.7 cm³/mol. The van der Waals surface area contributed by atoms with Gasteiger partial charge in [0.05, 0.1) is 6.04 Å². The van der Waals surface area contributed by atoms with E-state index in [0.717, 1.165) is 25.7 Å². The summed E-state index contributed by atoms with van der Waals surface area (Å²) < 4.78 is 0. The number of nitrogens with one attached hydrogen (secondary N) is 2. The highest BCUT2D eigenvalue weighted by Gasteiger charge is 2.25. The molecule has 0 aromatic carbocycles. The van der Waals surface area contributed by atoms with E-state index in [1.807, 2.05) is 0 Å². The van der Waals surface area contributed by atoms with Crippen LogP contribution in [0.2, 0.25) is 0 Å². The van der Waals surface area contributed by atoms with E-state index < -0.39 is 0 Å². The number of hydrogen-bond donors (Lipinski definition) is 3. The molecule has 0 bridgehead atoms. The van der Waals surface area contributed by atoms with E-state index in [0.29, 0.717) is 18.0 Å². The van der Waals surface area contributed by atoms with Gasteiger partial charge in [0, 0.05) is 19.1 Å². The number of nitrogens with two attached hydrogens (primary N) is 1. The standard InChI is InChI=1S/C13H27N3O/c1-9(2)7-12(13(17)15-3)16-11-6-4-5-10(14)8-11/h9-12,16H,4-8,14H2,1-3H3,(H,15,17). The van der Waals surface area contributed by atoms with Gasteiger partial charge in [0.2, 0.25) is 5.91 Å². The third kappa shape index (κ3) is 5.04. The minimum atomic E-state index is -0.0738. The lowest BCUT2D eigenvalue weighted by Crippen LogP contribution is -2.50. The Balaban J connectivity index is 2.49. The van der Waals surface area contributed by atoms with Gasteiger partial charge in [-0.2, -0.15) is 0 Å². The molecule has 0 aromatic heterocycles. The van der Waals surface area contributed by atoms with E-state index in [2.05, 4.69) is 24.5 Å². The van der Waals surface area contributed by atoms with Crippen LogP contribution in [0, 0.1) is 5.92 Å². The van der Waals surface area contributed by atoms with Gasteiger partial charge in [0.15, 0.2) is 0 Å². The molecule has 0 radical (unpaired) electrons. The molecular formula is C13H27N3O. The summed E-state index contributed by atoms with van der Waals surface area (Å²) in [5.74, 6) is 0.611. The minimum Gasteiger partial charge on any atom is -0.358 e. The van der Waals surface area contributed by atoms with Crippen LogP contribution in [-0.2, 0) is 4.79 Å². The first kappa shape index (κ1) is 14.5. The van der Waals surface area contributed by atoms with Crippen LogP contribution < -0.4 is 16.4 Å². The van der Waals surface area contributed by atoms with Crippen molar-refractivity contribution in [2.24, 2.45) is 11.7 Å². The molecule has 17 heavy (non-hydrogen) atoms. The summed E-state index contributed by atoms with van der Waals surface area (Å²) in [5, 5.41) is 6.21. The van der Waals surface area contributed by atoms with Gasteiger partial charge < -0.3 is 16.4 Å². The molecule has 100 valence electrons. The smallest absolute Gasteiger partial charge is 0.236 e. The van der Waals surface area contributed by atoms with Crippen molar-refractivity contribution in [2.45, 2.75) is 64.1 Å². The predicted octanol–water partition coefficient (Wildman–Crippen LogP) is 1.01. The fraction of sp³-hybridized carbons (Fsp3) is 0.923. The molecule has 1 fully saturated rings. The minimum absolute atomic E-state index is 0.0738. The normalized spacial score (nSPS) is 26.9. The van der Waals surface area contributed by atoms with Gasteiger partial charge in [-0.15, -0.1) is 0 Å². The number of carbonyl (C=O) groups is 1. The van der Waals surface area contributed by atoms with Crippen molar-refractivity contribution in [3.05, 3.63) is 0 Å². The summed E-state index contributed by atoms with van der Waals surface area (Å²) in [6, 6.07) is 0.626. The summed E-state index contributed by atoms with van der Waals surface area (Å²) >= 11 is 0. The molecule has 1 amide bonds. The Labute approximate surface area is 105 Å². The molecule has 0 heterocycles. The lowest BCUT2D eigenvalue weighted by atomic mass is 9.90. The first-order chi connectivity index (χ1) is 8.02. The van der Waals surface area contributed by atoms with Gasteiger partial charge in [-0.25, -0.2) is 0 Å². The molecule has 4 heteroatoms. The van der Waals surface area contributed by atoms with Crippen molar-refractivity contribution in [3.63, 3.8) is 0 Å². The Morgan fingerprint density at radius 1 is 1.41 bits per heavy atom. The monoisotopic (exact) mass is 241 g/mol. The molecule has 0 spiro atoms. The average molecular weight is 241 g/mol. The van der Waals surface area contributed by atoms with Crippen LogP contribution in [0.3, 0.4) is 0 Å². The van der Waals surface area contributed by atoms with Gasteiger partial charge >= 0.3 is 0 Å². The van der Waals surface area contributed by atoms with Gasteiger partial charge in [-0.3, -0.25) is 4.79 Å². The van der Waals surface area contributed by atoms with E-state index >= 15 is 0 Å². The van der Waals surface area contributed by atoms with Gasteiger partial charge in [-0.1, -0.05) is 20.3 Å². The number of carbonyl (C=O) groups excluding carboxylic acids is 1. The van der Waals surface area contributed by atoms with Crippen LogP contribution in [-0.4, -0.2) is 31.1 Å². The molecular weight excluding hydrogens is 214 g/mol. The van der Waals surface area contributed by atoms with E-state index in [4.69, 9.17) is 5.73 Å². The van der Waals surface area contributed by atoms with Crippen LogP contribution in [0.15, 0.2) is 0 Å². The summed E-state index contributed by atoms with van der Waals surface area (Å²) in [6.07, 6.45) is 5.30. The van der Waals surface area contributed by atoms with Crippen molar-refractivity contribution in [3.8, 4) is 0 Å². The summed E-state index contributed by atoms with van der Waals surface area (Å²) in [6.45, 7) is 4.29. The molecule has 1 aliphatic carbocycles. The van der Waals surface area contributed by atoms with E-state index in [1.165, 1.54) is 6.42 Å². The second-order valence-electron chi connectivity index (χ2n) is 5.59. The van der Waals surface area contributed by atoms with Gasteiger partial charge in [0.1, 0.15) is 0 Å². The van der Waals surface area contributed by atoms with Crippen LogP contribution in [0.25, 0.3) is 0 Å². The molecule has 0 aromatic rings. The molecule has 1 aliphatic rings. The molecule has 0 aliphatic heterocycles. The zero-order chi connectivity index (χ0) is 12.8. The summed E-state index contributed by atoms with van der Waals surface area (Å²) in [5.41, 5.74) is 5.97. The van der Waals surface area contributed by atoms with Gasteiger partial charge in [-0.05, 0) is 31.6 Å². The average Bonchev–Trinajstić information content (AvgIpc) is 2.26. The topological polar surface area (TPSA) is 67.2 Å². The highest BCUT2D eigenvalue weighted by atomic mass is 16.2. The van der Waals surface area contributed by atoms with Crippen LogP contribution >= 0.6 is 0 Å². The van der Waals surface area contributed by atoms with Gasteiger partial charge in [0.25, 0.3) is 0 Å². The Morgan fingerprint density at radius 3 is 2.65 bits per heavy atom. The molecule has 0 saturated heterocycles. The Bertz CT molecular complexity index is 243. The second-order valence-corrected chi connectivity index (χ2v) is 5.59. The molecule has 1 rings (SSSR count).